The maximum Gasteiger partial charge on any atom is 0.250 e. The Morgan fingerprint density at radius 2 is 1.81 bits per heavy atom. The second-order valence-corrected chi connectivity index (χ2v) is 8.16. The summed E-state index contributed by atoms with van der Waals surface area (Å²) in [5.74, 6) is 0.602. The van der Waals surface area contributed by atoms with Crippen LogP contribution in [0.5, 0.6) is 0 Å². The van der Waals surface area contributed by atoms with E-state index in [0.29, 0.717) is 38.5 Å². The van der Waals surface area contributed by atoms with E-state index in [4.69, 9.17) is 0 Å². The Hall–Kier alpha value is -2.18. The summed E-state index contributed by atoms with van der Waals surface area (Å²) in [6.45, 7) is 2.00. The van der Waals surface area contributed by atoms with Gasteiger partial charge in [-0.15, -0.1) is 0 Å². The summed E-state index contributed by atoms with van der Waals surface area (Å²) in [7, 11) is 0. The first-order valence-electron chi connectivity index (χ1n) is 10.2. The summed E-state index contributed by atoms with van der Waals surface area (Å²) in [5.41, 5.74) is 0.693. The molecule has 146 valence electrons. The molecule has 1 saturated carbocycles. The van der Waals surface area contributed by atoms with Gasteiger partial charge in [0.15, 0.2) is 0 Å². The van der Waals surface area contributed by atoms with Crippen molar-refractivity contribution in [3.05, 3.63) is 28.4 Å². The number of nitrogens with zero attached hydrogens (tertiary/aromatic N) is 3. The Bertz CT molecular complexity index is 748. The van der Waals surface area contributed by atoms with Gasteiger partial charge in [0, 0.05) is 44.1 Å². The zero-order valence-electron chi connectivity index (χ0n) is 15.7. The third kappa shape index (κ3) is 3.92. The third-order valence-electron chi connectivity index (χ3n) is 6.48. The molecule has 27 heavy (non-hydrogen) atoms. The molecule has 7 heteroatoms. The molecule has 1 atom stereocenters. The average Bonchev–Trinajstić information content (AvgIpc) is 3.22. The molecule has 0 radical (unpaired) electrons. The number of aromatic amines is 1. The van der Waals surface area contributed by atoms with Gasteiger partial charge in [-0.05, 0) is 32.1 Å². The second kappa shape index (κ2) is 7.82. The van der Waals surface area contributed by atoms with Crippen molar-refractivity contribution in [2.45, 2.75) is 63.3 Å². The molecule has 1 aromatic heterocycles. The molecule has 3 aliphatic rings. The number of nitrogens with one attached hydrogen (secondary N) is 1. The lowest BCUT2D eigenvalue weighted by Gasteiger charge is -2.39. The van der Waals surface area contributed by atoms with E-state index in [0.717, 1.165) is 31.4 Å². The summed E-state index contributed by atoms with van der Waals surface area (Å²) < 4.78 is 0. The van der Waals surface area contributed by atoms with E-state index < -0.39 is 0 Å². The van der Waals surface area contributed by atoms with Gasteiger partial charge in [0.2, 0.25) is 11.8 Å². The highest BCUT2D eigenvalue weighted by molar-refractivity contribution is 5.84. The fourth-order valence-corrected chi connectivity index (χ4v) is 4.90. The maximum atomic E-state index is 13.0. The monoisotopic (exact) mass is 372 g/mol. The Labute approximate surface area is 159 Å². The molecule has 1 aromatic rings. The first-order valence-corrected chi connectivity index (χ1v) is 10.2. The zero-order valence-corrected chi connectivity index (χ0v) is 15.7. The van der Waals surface area contributed by atoms with Crippen molar-refractivity contribution < 1.29 is 9.59 Å². The zero-order chi connectivity index (χ0) is 18.8. The summed E-state index contributed by atoms with van der Waals surface area (Å²) in [6, 6.07) is 1.91. The Morgan fingerprint density at radius 1 is 1.07 bits per heavy atom. The van der Waals surface area contributed by atoms with Gasteiger partial charge in [0.1, 0.15) is 0 Å². The van der Waals surface area contributed by atoms with Crippen LogP contribution < -0.4 is 5.56 Å². The Kier molecular flexibility index (Phi) is 5.27. The first kappa shape index (κ1) is 18.2. The van der Waals surface area contributed by atoms with Gasteiger partial charge in [-0.2, -0.15) is 0 Å². The lowest BCUT2D eigenvalue weighted by molar-refractivity contribution is -0.145. The van der Waals surface area contributed by atoms with E-state index in [9.17, 15) is 14.4 Å². The molecule has 2 aliphatic heterocycles. The van der Waals surface area contributed by atoms with Gasteiger partial charge in [0.05, 0.1) is 17.9 Å². The summed E-state index contributed by atoms with van der Waals surface area (Å²) in [6.07, 6.45) is 8.85. The number of H-pyrrole nitrogens is 1. The molecule has 3 heterocycles. The molecule has 2 amide bonds. The van der Waals surface area contributed by atoms with Crippen LogP contribution in [0.15, 0.2) is 17.2 Å². The highest BCUT2D eigenvalue weighted by Gasteiger charge is 2.37. The fraction of sp³-hybridized carbons (Fsp3) is 0.700. The molecular formula is C20H28N4O3. The smallest absolute Gasteiger partial charge is 0.250 e. The van der Waals surface area contributed by atoms with E-state index in [1.807, 2.05) is 9.80 Å². The van der Waals surface area contributed by atoms with Gasteiger partial charge in [-0.25, -0.2) is 4.98 Å². The van der Waals surface area contributed by atoms with Crippen molar-refractivity contribution in [1.29, 1.82) is 0 Å². The van der Waals surface area contributed by atoms with Gasteiger partial charge >= 0.3 is 0 Å². The van der Waals surface area contributed by atoms with E-state index in [-0.39, 0.29) is 29.2 Å². The summed E-state index contributed by atoms with van der Waals surface area (Å²) in [5, 5.41) is 0. The van der Waals surface area contributed by atoms with Crippen molar-refractivity contribution in [3.8, 4) is 0 Å². The molecule has 1 aliphatic carbocycles. The van der Waals surface area contributed by atoms with Crippen LogP contribution in [0.3, 0.4) is 0 Å². The van der Waals surface area contributed by atoms with E-state index in [1.54, 1.807) is 6.07 Å². The Morgan fingerprint density at radius 3 is 2.52 bits per heavy atom. The molecule has 7 nitrogen and oxygen atoms in total. The fourth-order valence-electron chi connectivity index (χ4n) is 4.90. The van der Waals surface area contributed by atoms with Gasteiger partial charge in [-0.3, -0.25) is 14.4 Å². The molecule has 3 fully saturated rings. The third-order valence-corrected chi connectivity index (χ3v) is 6.48. The Balaban J connectivity index is 1.35. The van der Waals surface area contributed by atoms with Crippen molar-refractivity contribution >= 4 is 11.8 Å². The number of piperidine rings is 2. The van der Waals surface area contributed by atoms with Crippen LogP contribution in [0.1, 0.15) is 63.0 Å². The standard InChI is InChI=1S/C20H28N4O3/c25-18-11-17(21-13-22-18)14-7-9-23(10-8-14)20(27)15-5-6-19(26)24(12-15)16-3-1-2-4-16/h11,13-16H,1-10,12H2,(H,21,22,25)/t15-/m0/s1. The lowest BCUT2D eigenvalue weighted by atomic mass is 9.90. The van der Waals surface area contributed by atoms with Crippen LogP contribution in [-0.2, 0) is 9.59 Å². The number of hydrogen-bond donors (Lipinski definition) is 1. The average molecular weight is 372 g/mol. The predicted octanol–water partition coefficient (Wildman–Crippen LogP) is 1.66. The minimum atomic E-state index is -0.127. The van der Waals surface area contributed by atoms with Crippen LogP contribution in [0, 0.1) is 5.92 Å². The lowest BCUT2D eigenvalue weighted by Crippen LogP contribution is -2.51. The molecule has 1 N–H and O–H groups in total. The van der Waals surface area contributed by atoms with Crippen molar-refractivity contribution in [2.24, 2.45) is 5.92 Å². The molecule has 0 bridgehead atoms. The van der Waals surface area contributed by atoms with Crippen molar-refractivity contribution in [2.75, 3.05) is 19.6 Å². The molecule has 0 spiro atoms. The first-order chi connectivity index (χ1) is 13.1. The van der Waals surface area contributed by atoms with Crippen LogP contribution in [-0.4, -0.2) is 57.3 Å². The number of hydrogen-bond acceptors (Lipinski definition) is 4. The number of carbonyl (C=O) groups excluding carboxylic acids is 2. The highest BCUT2D eigenvalue weighted by atomic mass is 16.2. The number of aromatic nitrogens is 2. The van der Waals surface area contributed by atoms with Crippen LogP contribution in [0.4, 0.5) is 0 Å². The maximum absolute atomic E-state index is 13.0. The van der Waals surface area contributed by atoms with Gasteiger partial charge < -0.3 is 14.8 Å². The second-order valence-electron chi connectivity index (χ2n) is 8.16. The quantitative estimate of drug-likeness (QED) is 0.874. The van der Waals surface area contributed by atoms with E-state index >= 15 is 0 Å². The molecule has 0 aromatic carbocycles. The predicted molar refractivity (Wildman–Crippen MR) is 100 cm³/mol. The van der Waals surface area contributed by atoms with Crippen LogP contribution >= 0.6 is 0 Å². The topological polar surface area (TPSA) is 86.4 Å². The van der Waals surface area contributed by atoms with E-state index in [1.165, 1.54) is 19.2 Å². The largest absolute Gasteiger partial charge is 0.342 e. The summed E-state index contributed by atoms with van der Waals surface area (Å²) in [4.78, 5) is 47.6. The van der Waals surface area contributed by atoms with E-state index in [2.05, 4.69) is 9.97 Å². The van der Waals surface area contributed by atoms with Gasteiger partial charge in [-0.1, -0.05) is 12.8 Å². The van der Waals surface area contributed by atoms with Gasteiger partial charge in [0.25, 0.3) is 5.56 Å². The minimum absolute atomic E-state index is 0.0578. The highest BCUT2D eigenvalue weighted by Crippen LogP contribution is 2.31. The molecular weight excluding hydrogens is 344 g/mol. The molecule has 0 unspecified atom stereocenters. The number of amides is 2. The molecule has 4 rings (SSSR count). The summed E-state index contributed by atoms with van der Waals surface area (Å²) >= 11 is 0. The SMILES string of the molecule is O=C([C@H]1CCC(=O)N(C2CCCC2)C1)N1CCC(c2cc(=O)[nH]cn2)CC1. The van der Waals surface area contributed by atoms with Crippen molar-refractivity contribution in [3.63, 3.8) is 0 Å². The number of carbonyl (C=O) groups is 2. The van der Waals surface area contributed by atoms with Crippen LogP contribution in [0.25, 0.3) is 0 Å². The van der Waals surface area contributed by atoms with Crippen LogP contribution in [0.2, 0.25) is 0 Å². The minimum Gasteiger partial charge on any atom is -0.342 e. The normalized spacial score (nSPS) is 25.2. The number of likely N-dealkylation sites (tertiary alicyclic amines) is 2. The number of rotatable bonds is 3. The molecule has 2 saturated heterocycles. The van der Waals surface area contributed by atoms with Crippen molar-refractivity contribution in [1.82, 2.24) is 19.8 Å².